The van der Waals surface area contributed by atoms with Gasteiger partial charge in [-0.25, -0.2) is 4.98 Å². The first-order valence-corrected chi connectivity index (χ1v) is 9.68. The maximum Gasteiger partial charge on any atom is 0.230 e. The number of carbonyl (C=O) groups is 2. The summed E-state index contributed by atoms with van der Waals surface area (Å²) in [6, 6.07) is 11.2. The molecule has 7 heteroatoms. The predicted octanol–water partition coefficient (Wildman–Crippen LogP) is 4.02. The molecule has 1 fully saturated rings. The Morgan fingerprint density at radius 1 is 1.33 bits per heavy atom. The molecule has 1 saturated heterocycles. The number of nitrogens with one attached hydrogen (secondary N) is 1. The zero-order valence-electron chi connectivity index (χ0n) is 14.9. The van der Waals surface area contributed by atoms with E-state index in [1.165, 1.54) is 11.3 Å². The summed E-state index contributed by atoms with van der Waals surface area (Å²) in [7, 11) is 0. The molecule has 1 N–H and O–H groups in total. The van der Waals surface area contributed by atoms with Crippen LogP contribution in [0.25, 0.3) is 10.8 Å². The number of furan rings is 1. The molecule has 2 aromatic heterocycles. The summed E-state index contributed by atoms with van der Waals surface area (Å²) in [5, 5.41) is 5.52. The quantitative estimate of drug-likeness (QED) is 0.724. The fraction of sp³-hybridized carbons (Fsp3) is 0.250. The van der Waals surface area contributed by atoms with E-state index in [0.717, 1.165) is 29.4 Å². The fourth-order valence-electron chi connectivity index (χ4n) is 3.09. The van der Waals surface area contributed by atoms with Gasteiger partial charge in [0, 0.05) is 29.7 Å². The van der Waals surface area contributed by atoms with Crippen LogP contribution in [-0.4, -0.2) is 23.3 Å². The van der Waals surface area contributed by atoms with E-state index in [-0.39, 0.29) is 18.2 Å². The Hall–Kier alpha value is -2.93. The molecule has 0 spiro atoms. The molecule has 0 unspecified atom stereocenters. The molecule has 3 aromatic rings. The van der Waals surface area contributed by atoms with Crippen LogP contribution in [0.3, 0.4) is 0 Å². The van der Waals surface area contributed by atoms with Crippen LogP contribution in [0, 0.1) is 6.92 Å². The molecule has 2 amide bonds. The van der Waals surface area contributed by atoms with Crippen molar-refractivity contribution >= 4 is 34.5 Å². The van der Waals surface area contributed by atoms with Crippen LogP contribution in [-0.2, 0) is 16.0 Å². The molecule has 1 aliphatic rings. The third-order valence-electron chi connectivity index (χ3n) is 4.36. The van der Waals surface area contributed by atoms with Crippen LogP contribution in [0.2, 0.25) is 0 Å². The minimum atomic E-state index is -0.146. The smallest absolute Gasteiger partial charge is 0.230 e. The minimum Gasteiger partial charge on any atom is -0.459 e. The third-order valence-corrected chi connectivity index (χ3v) is 5.27. The van der Waals surface area contributed by atoms with E-state index in [0.29, 0.717) is 23.6 Å². The SMILES string of the molecule is Cc1ccc(-c2nc(CC(=O)Nc3cccc(N4CCCC4=O)c3)cs2)o1. The number of anilines is 2. The maximum absolute atomic E-state index is 12.4. The van der Waals surface area contributed by atoms with Gasteiger partial charge in [-0.2, -0.15) is 0 Å². The molecule has 3 heterocycles. The molecule has 4 rings (SSSR count). The van der Waals surface area contributed by atoms with E-state index in [1.54, 1.807) is 4.90 Å². The lowest BCUT2D eigenvalue weighted by molar-refractivity contribution is -0.117. The lowest BCUT2D eigenvalue weighted by atomic mass is 10.2. The van der Waals surface area contributed by atoms with Crippen LogP contribution in [0.1, 0.15) is 24.3 Å². The van der Waals surface area contributed by atoms with Crippen molar-refractivity contribution in [1.29, 1.82) is 0 Å². The Morgan fingerprint density at radius 2 is 2.22 bits per heavy atom. The zero-order valence-corrected chi connectivity index (χ0v) is 15.7. The van der Waals surface area contributed by atoms with Crippen molar-refractivity contribution in [2.45, 2.75) is 26.2 Å². The highest BCUT2D eigenvalue weighted by Gasteiger charge is 2.21. The monoisotopic (exact) mass is 381 g/mol. The second kappa shape index (κ2) is 7.36. The summed E-state index contributed by atoms with van der Waals surface area (Å²) < 4.78 is 5.57. The van der Waals surface area contributed by atoms with E-state index in [1.807, 2.05) is 48.7 Å². The summed E-state index contributed by atoms with van der Waals surface area (Å²) in [6.45, 7) is 2.61. The van der Waals surface area contributed by atoms with Crippen molar-refractivity contribution in [3.63, 3.8) is 0 Å². The van der Waals surface area contributed by atoms with Gasteiger partial charge in [-0.3, -0.25) is 9.59 Å². The van der Waals surface area contributed by atoms with E-state index in [2.05, 4.69) is 10.3 Å². The standard InChI is InChI=1S/C20H19N3O3S/c1-13-7-8-17(26-13)20-22-15(12-27-20)11-18(24)21-14-4-2-5-16(10-14)23-9-3-6-19(23)25/h2,4-5,7-8,10,12H,3,6,9,11H2,1H3,(H,21,24). The van der Waals surface area contributed by atoms with Crippen molar-refractivity contribution in [3.8, 4) is 10.8 Å². The number of thiazole rings is 1. The number of nitrogens with zero attached hydrogens (tertiary/aromatic N) is 2. The second-order valence-electron chi connectivity index (χ2n) is 6.48. The number of hydrogen-bond donors (Lipinski definition) is 1. The van der Waals surface area contributed by atoms with Crippen LogP contribution in [0.15, 0.2) is 46.2 Å². The molecular weight excluding hydrogens is 362 g/mol. The zero-order chi connectivity index (χ0) is 18.8. The van der Waals surface area contributed by atoms with Crippen molar-refractivity contribution in [3.05, 3.63) is 53.2 Å². The number of aromatic nitrogens is 1. The molecule has 1 aromatic carbocycles. The Morgan fingerprint density at radius 3 is 2.96 bits per heavy atom. The van der Waals surface area contributed by atoms with Gasteiger partial charge < -0.3 is 14.6 Å². The van der Waals surface area contributed by atoms with Gasteiger partial charge in [-0.05, 0) is 43.7 Å². The average molecular weight is 381 g/mol. The average Bonchev–Trinajstić information content (AvgIpc) is 3.36. The molecule has 0 saturated carbocycles. The molecule has 1 aliphatic heterocycles. The van der Waals surface area contributed by atoms with Gasteiger partial charge in [0.1, 0.15) is 5.76 Å². The summed E-state index contributed by atoms with van der Waals surface area (Å²) in [5.74, 6) is 1.53. The van der Waals surface area contributed by atoms with Gasteiger partial charge in [0.2, 0.25) is 11.8 Å². The van der Waals surface area contributed by atoms with Gasteiger partial charge in [0.15, 0.2) is 10.8 Å². The van der Waals surface area contributed by atoms with Crippen LogP contribution in [0.4, 0.5) is 11.4 Å². The van der Waals surface area contributed by atoms with E-state index in [4.69, 9.17) is 4.42 Å². The highest BCUT2D eigenvalue weighted by Crippen LogP contribution is 2.26. The highest BCUT2D eigenvalue weighted by molar-refractivity contribution is 7.13. The van der Waals surface area contributed by atoms with Crippen LogP contribution >= 0.6 is 11.3 Å². The first-order valence-electron chi connectivity index (χ1n) is 8.80. The maximum atomic E-state index is 12.4. The molecule has 0 radical (unpaired) electrons. The number of hydrogen-bond acceptors (Lipinski definition) is 5. The molecule has 27 heavy (non-hydrogen) atoms. The Bertz CT molecular complexity index is 992. The third kappa shape index (κ3) is 3.93. The Labute approximate surface area is 160 Å². The molecule has 138 valence electrons. The number of amides is 2. The van der Waals surface area contributed by atoms with Gasteiger partial charge in [-0.15, -0.1) is 11.3 Å². The predicted molar refractivity (Wildman–Crippen MR) is 105 cm³/mol. The Balaban J connectivity index is 1.41. The number of benzene rings is 1. The van der Waals surface area contributed by atoms with E-state index < -0.39 is 0 Å². The molecule has 0 aliphatic carbocycles. The largest absolute Gasteiger partial charge is 0.459 e. The van der Waals surface area contributed by atoms with Crippen LogP contribution in [0.5, 0.6) is 0 Å². The van der Waals surface area contributed by atoms with Gasteiger partial charge in [0.25, 0.3) is 0 Å². The van der Waals surface area contributed by atoms with Gasteiger partial charge >= 0.3 is 0 Å². The summed E-state index contributed by atoms with van der Waals surface area (Å²) in [4.78, 5) is 30.5. The topological polar surface area (TPSA) is 75.4 Å². The van der Waals surface area contributed by atoms with Crippen molar-refractivity contribution in [2.75, 3.05) is 16.8 Å². The molecule has 6 nitrogen and oxygen atoms in total. The first-order chi connectivity index (χ1) is 13.1. The fourth-order valence-corrected chi connectivity index (χ4v) is 3.87. The normalized spacial score (nSPS) is 14.0. The van der Waals surface area contributed by atoms with E-state index in [9.17, 15) is 9.59 Å². The Kier molecular flexibility index (Phi) is 4.77. The number of aryl methyl sites for hydroxylation is 1. The van der Waals surface area contributed by atoms with Gasteiger partial charge in [-0.1, -0.05) is 6.07 Å². The van der Waals surface area contributed by atoms with Crippen LogP contribution < -0.4 is 10.2 Å². The molecule has 0 atom stereocenters. The first kappa shape index (κ1) is 17.5. The summed E-state index contributed by atoms with van der Waals surface area (Å²) in [6.07, 6.45) is 1.64. The highest BCUT2D eigenvalue weighted by atomic mass is 32.1. The summed E-state index contributed by atoms with van der Waals surface area (Å²) >= 11 is 1.45. The second-order valence-corrected chi connectivity index (χ2v) is 7.34. The lowest BCUT2D eigenvalue weighted by Crippen LogP contribution is -2.23. The van der Waals surface area contributed by atoms with Gasteiger partial charge in [0.05, 0.1) is 12.1 Å². The summed E-state index contributed by atoms with van der Waals surface area (Å²) in [5.41, 5.74) is 2.20. The molecular formula is C20H19N3O3S. The minimum absolute atomic E-state index is 0.127. The lowest BCUT2D eigenvalue weighted by Gasteiger charge is -2.16. The van der Waals surface area contributed by atoms with E-state index >= 15 is 0 Å². The van der Waals surface area contributed by atoms with Crippen molar-refractivity contribution in [2.24, 2.45) is 0 Å². The molecule has 0 bridgehead atoms. The van der Waals surface area contributed by atoms with Crippen molar-refractivity contribution < 1.29 is 14.0 Å². The van der Waals surface area contributed by atoms with Crippen molar-refractivity contribution in [1.82, 2.24) is 4.98 Å². The number of carbonyl (C=O) groups excluding carboxylic acids is 2. The number of rotatable bonds is 5.